The van der Waals surface area contributed by atoms with Gasteiger partial charge in [0.2, 0.25) is 0 Å². The van der Waals surface area contributed by atoms with E-state index in [1.54, 1.807) is 6.92 Å². The van der Waals surface area contributed by atoms with Gasteiger partial charge in [0.15, 0.2) is 0 Å². The number of nitrogens with one attached hydrogen (secondary N) is 1. The second-order valence-corrected chi connectivity index (χ2v) is 4.66. The van der Waals surface area contributed by atoms with E-state index in [9.17, 15) is 13.2 Å². The van der Waals surface area contributed by atoms with Crippen LogP contribution in [0.25, 0.3) is 0 Å². The normalized spacial score (nSPS) is 13.5. The number of rotatable bonds is 4. The second kappa shape index (κ2) is 5.73. The summed E-state index contributed by atoms with van der Waals surface area (Å²) < 4.78 is 38.7. The molecule has 2 nitrogen and oxygen atoms in total. The SMILES string of the molecule is CC(CCO)Nc1cc(Br)ccc1C(F)(F)F. The Morgan fingerprint density at radius 1 is 1.41 bits per heavy atom. The fourth-order valence-electron chi connectivity index (χ4n) is 1.41. The summed E-state index contributed by atoms with van der Waals surface area (Å²) in [4.78, 5) is 0. The third-order valence-corrected chi connectivity index (χ3v) is 2.74. The molecule has 0 aromatic heterocycles. The maximum absolute atomic E-state index is 12.7. The Balaban J connectivity index is 2.99. The Labute approximate surface area is 106 Å². The van der Waals surface area contributed by atoms with E-state index < -0.39 is 11.7 Å². The van der Waals surface area contributed by atoms with E-state index in [4.69, 9.17) is 5.11 Å². The number of aliphatic hydroxyl groups excluding tert-OH is 1. The van der Waals surface area contributed by atoms with Gasteiger partial charge in [0.25, 0.3) is 0 Å². The zero-order valence-corrected chi connectivity index (χ0v) is 10.8. The van der Waals surface area contributed by atoms with Gasteiger partial charge < -0.3 is 10.4 Å². The third-order valence-electron chi connectivity index (χ3n) is 2.25. The molecule has 0 radical (unpaired) electrons. The predicted octanol–water partition coefficient (Wildman–Crippen LogP) is 3.65. The van der Waals surface area contributed by atoms with E-state index >= 15 is 0 Å². The highest BCUT2D eigenvalue weighted by molar-refractivity contribution is 9.10. The Morgan fingerprint density at radius 2 is 2.06 bits per heavy atom. The number of benzene rings is 1. The van der Waals surface area contributed by atoms with Crippen LogP contribution in [0.5, 0.6) is 0 Å². The van der Waals surface area contributed by atoms with Gasteiger partial charge in [-0.05, 0) is 31.5 Å². The largest absolute Gasteiger partial charge is 0.418 e. The molecule has 0 aliphatic heterocycles. The lowest BCUT2D eigenvalue weighted by Crippen LogP contribution is -2.19. The van der Waals surface area contributed by atoms with Crippen LogP contribution in [0.4, 0.5) is 18.9 Å². The Kier molecular flexibility index (Phi) is 4.82. The molecule has 0 spiro atoms. The van der Waals surface area contributed by atoms with E-state index in [-0.39, 0.29) is 18.3 Å². The molecule has 1 rings (SSSR count). The molecule has 2 N–H and O–H groups in total. The average molecular weight is 312 g/mol. The fraction of sp³-hybridized carbons (Fsp3) is 0.455. The molecule has 0 aliphatic carbocycles. The van der Waals surface area contributed by atoms with Gasteiger partial charge in [-0.3, -0.25) is 0 Å². The highest BCUT2D eigenvalue weighted by Crippen LogP contribution is 2.36. The number of aliphatic hydroxyl groups is 1. The lowest BCUT2D eigenvalue weighted by molar-refractivity contribution is -0.137. The molecule has 0 saturated carbocycles. The molecular formula is C11H13BrF3NO. The van der Waals surface area contributed by atoms with Gasteiger partial charge in [0.05, 0.1) is 5.56 Å². The third kappa shape index (κ3) is 4.20. The van der Waals surface area contributed by atoms with Crippen LogP contribution in [-0.2, 0) is 6.18 Å². The fourth-order valence-corrected chi connectivity index (χ4v) is 1.78. The van der Waals surface area contributed by atoms with Gasteiger partial charge in [-0.1, -0.05) is 15.9 Å². The molecule has 1 aromatic carbocycles. The minimum absolute atomic E-state index is 0.0211. The second-order valence-electron chi connectivity index (χ2n) is 3.75. The van der Waals surface area contributed by atoms with Gasteiger partial charge in [-0.15, -0.1) is 0 Å². The number of halogens is 4. The summed E-state index contributed by atoms with van der Waals surface area (Å²) in [5.74, 6) is 0. The monoisotopic (exact) mass is 311 g/mol. The molecule has 0 fully saturated rings. The van der Waals surface area contributed by atoms with Crippen LogP contribution < -0.4 is 5.32 Å². The number of anilines is 1. The summed E-state index contributed by atoms with van der Waals surface area (Å²) >= 11 is 3.14. The number of hydrogen-bond acceptors (Lipinski definition) is 2. The van der Waals surface area contributed by atoms with Crippen LogP contribution in [0.1, 0.15) is 18.9 Å². The van der Waals surface area contributed by atoms with Crippen LogP contribution in [0, 0.1) is 0 Å². The van der Waals surface area contributed by atoms with Crippen LogP contribution in [-0.4, -0.2) is 17.8 Å². The van der Waals surface area contributed by atoms with Crippen molar-refractivity contribution >= 4 is 21.6 Å². The molecule has 1 atom stereocenters. The molecule has 0 aliphatic rings. The minimum Gasteiger partial charge on any atom is -0.396 e. The van der Waals surface area contributed by atoms with E-state index in [1.165, 1.54) is 12.1 Å². The molecule has 1 unspecified atom stereocenters. The first-order valence-corrected chi connectivity index (χ1v) is 5.88. The van der Waals surface area contributed by atoms with Gasteiger partial charge in [0.1, 0.15) is 0 Å². The van der Waals surface area contributed by atoms with Crippen molar-refractivity contribution in [2.24, 2.45) is 0 Å². The van der Waals surface area contributed by atoms with Crippen LogP contribution >= 0.6 is 15.9 Å². The van der Waals surface area contributed by atoms with E-state index in [1.807, 2.05) is 0 Å². The number of alkyl halides is 3. The molecule has 17 heavy (non-hydrogen) atoms. The predicted molar refractivity (Wildman–Crippen MR) is 63.9 cm³/mol. The molecule has 0 saturated heterocycles. The maximum Gasteiger partial charge on any atom is 0.418 e. The zero-order chi connectivity index (χ0) is 13.1. The summed E-state index contributed by atoms with van der Waals surface area (Å²) in [5, 5.41) is 11.5. The highest BCUT2D eigenvalue weighted by atomic mass is 79.9. The summed E-state index contributed by atoms with van der Waals surface area (Å²) in [6.45, 7) is 1.65. The zero-order valence-electron chi connectivity index (χ0n) is 9.18. The quantitative estimate of drug-likeness (QED) is 0.889. The maximum atomic E-state index is 12.7. The van der Waals surface area contributed by atoms with Gasteiger partial charge in [0, 0.05) is 22.8 Å². The van der Waals surface area contributed by atoms with Gasteiger partial charge in [-0.25, -0.2) is 0 Å². The molecule has 96 valence electrons. The lowest BCUT2D eigenvalue weighted by Gasteiger charge is -2.19. The van der Waals surface area contributed by atoms with Gasteiger partial charge >= 0.3 is 6.18 Å². The standard InChI is InChI=1S/C11H13BrF3NO/c1-7(4-5-17)16-10-6-8(12)2-3-9(10)11(13,14)15/h2-3,6-7,16-17H,4-5H2,1H3. The lowest BCUT2D eigenvalue weighted by atomic mass is 10.1. The Morgan fingerprint density at radius 3 is 2.59 bits per heavy atom. The van der Waals surface area contributed by atoms with Crippen molar-refractivity contribution in [3.8, 4) is 0 Å². The summed E-state index contributed by atoms with van der Waals surface area (Å²) in [5.41, 5.74) is -0.682. The van der Waals surface area contributed by atoms with Crippen LogP contribution in [0.3, 0.4) is 0 Å². The Hall–Kier alpha value is -0.750. The highest BCUT2D eigenvalue weighted by Gasteiger charge is 2.33. The van der Waals surface area contributed by atoms with Crippen molar-refractivity contribution in [2.45, 2.75) is 25.6 Å². The smallest absolute Gasteiger partial charge is 0.396 e. The number of hydrogen-bond donors (Lipinski definition) is 2. The summed E-state index contributed by atoms with van der Waals surface area (Å²) in [6, 6.07) is 3.54. The van der Waals surface area contributed by atoms with Crippen molar-refractivity contribution < 1.29 is 18.3 Å². The van der Waals surface area contributed by atoms with Crippen LogP contribution in [0.2, 0.25) is 0 Å². The molecule has 0 bridgehead atoms. The average Bonchev–Trinajstić information content (AvgIpc) is 2.15. The van der Waals surface area contributed by atoms with Crippen LogP contribution in [0.15, 0.2) is 22.7 Å². The molecular weight excluding hydrogens is 299 g/mol. The van der Waals surface area contributed by atoms with Crippen molar-refractivity contribution in [3.05, 3.63) is 28.2 Å². The first-order valence-electron chi connectivity index (χ1n) is 5.08. The molecule has 0 amide bonds. The summed E-state index contributed by atoms with van der Waals surface area (Å²) in [7, 11) is 0. The van der Waals surface area contributed by atoms with Gasteiger partial charge in [-0.2, -0.15) is 13.2 Å². The molecule has 1 aromatic rings. The van der Waals surface area contributed by atoms with Crippen molar-refractivity contribution in [1.29, 1.82) is 0 Å². The molecule has 0 heterocycles. The van der Waals surface area contributed by atoms with Crippen molar-refractivity contribution in [3.63, 3.8) is 0 Å². The topological polar surface area (TPSA) is 32.3 Å². The van der Waals surface area contributed by atoms with E-state index in [0.29, 0.717) is 10.9 Å². The van der Waals surface area contributed by atoms with E-state index in [0.717, 1.165) is 6.07 Å². The van der Waals surface area contributed by atoms with Crippen molar-refractivity contribution in [2.75, 3.05) is 11.9 Å². The Bertz CT molecular complexity index is 381. The first-order chi connectivity index (χ1) is 7.84. The first kappa shape index (κ1) is 14.3. The van der Waals surface area contributed by atoms with Crippen molar-refractivity contribution in [1.82, 2.24) is 0 Å². The minimum atomic E-state index is -4.39. The summed E-state index contributed by atoms with van der Waals surface area (Å²) in [6.07, 6.45) is -3.99. The van der Waals surface area contributed by atoms with E-state index in [2.05, 4.69) is 21.2 Å². The molecule has 6 heteroatoms.